The Hall–Kier alpha value is -2.07. The molecule has 1 aliphatic rings. The second-order valence-corrected chi connectivity index (χ2v) is 5.66. The fourth-order valence-corrected chi connectivity index (χ4v) is 3.07. The third-order valence-corrected chi connectivity index (χ3v) is 4.15. The summed E-state index contributed by atoms with van der Waals surface area (Å²) in [5.74, 6) is 1.61. The van der Waals surface area contributed by atoms with E-state index in [1.165, 1.54) is 11.3 Å². The molecule has 4 nitrogen and oxygen atoms in total. The highest BCUT2D eigenvalue weighted by Gasteiger charge is 2.18. The van der Waals surface area contributed by atoms with Crippen molar-refractivity contribution in [3.63, 3.8) is 0 Å². The van der Waals surface area contributed by atoms with Crippen LogP contribution in [-0.2, 0) is 6.42 Å². The van der Waals surface area contributed by atoms with E-state index in [9.17, 15) is 0 Å². The van der Waals surface area contributed by atoms with E-state index in [2.05, 4.69) is 11.0 Å². The monoisotopic (exact) mass is 348 g/mol. The van der Waals surface area contributed by atoms with Gasteiger partial charge in [0.15, 0.2) is 11.5 Å². The number of benzene rings is 2. The molecular formula is C19H25ClN2O2. The van der Waals surface area contributed by atoms with Gasteiger partial charge in [0, 0.05) is 17.9 Å². The first kappa shape index (κ1) is 18.3. The van der Waals surface area contributed by atoms with E-state index in [4.69, 9.17) is 15.2 Å². The van der Waals surface area contributed by atoms with E-state index >= 15 is 0 Å². The molecule has 5 heteroatoms. The lowest BCUT2D eigenvalue weighted by atomic mass is 10.00. The van der Waals surface area contributed by atoms with Crippen molar-refractivity contribution in [1.82, 2.24) is 0 Å². The van der Waals surface area contributed by atoms with Crippen LogP contribution in [0.3, 0.4) is 0 Å². The number of para-hydroxylation sites is 2. The number of nitrogens with two attached hydrogens (primary N) is 1. The van der Waals surface area contributed by atoms with Crippen molar-refractivity contribution in [3.05, 3.63) is 48.0 Å². The van der Waals surface area contributed by atoms with Crippen LogP contribution in [0.25, 0.3) is 0 Å². The third-order valence-electron chi connectivity index (χ3n) is 4.15. The van der Waals surface area contributed by atoms with Crippen molar-refractivity contribution >= 4 is 23.8 Å². The molecule has 0 saturated carbocycles. The second kappa shape index (κ2) is 8.69. The highest BCUT2D eigenvalue weighted by Crippen LogP contribution is 2.31. The van der Waals surface area contributed by atoms with Crippen LogP contribution < -0.4 is 20.1 Å². The number of hydrogen-bond donors (Lipinski definition) is 1. The number of halogens is 1. The number of ether oxygens (including phenoxy) is 2. The van der Waals surface area contributed by atoms with Gasteiger partial charge in [-0.3, -0.25) is 0 Å². The lowest BCUT2D eigenvalue weighted by Gasteiger charge is -2.32. The van der Waals surface area contributed by atoms with Gasteiger partial charge in [-0.2, -0.15) is 0 Å². The van der Waals surface area contributed by atoms with Crippen molar-refractivity contribution in [2.75, 3.05) is 36.9 Å². The highest BCUT2D eigenvalue weighted by atomic mass is 35.5. The van der Waals surface area contributed by atoms with Gasteiger partial charge in [0.2, 0.25) is 0 Å². The van der Waals surface area contributed by atoms with Crippen LogP contribution >= 0.6 is 12.4 Å². The Kier molecular flexibility index (Phi) is 6.62. The first-order valence-electron chi connectivity index (χ1n) is 8.26. The summed E-state index contributed by atoms with van der Waals surface area (Å²) >= 11 is 0. The van der Waals surface area contributed by atoms with Crippen molar-refractivity contribution in [2.24, 2.45) is 0 Å². The summed E-state index contributed by atoms with van der Waals surface area (Å²) in [4.78, 5) is 2.36. The molecule has 2 N–H and O–H groups in total. The lowest BCUT2D eigenvalue weighted by molar-refractivity contribution is 0.280. The molecule has 2 aromatic carbocycles. The normalized spacial score (nSPS) is 13.0. The Labute approximate surface area is 150 Å². The molecule has 0 aromatic heterocycles. The average molecular weight is 349 g/mol. The zero-order chi connectivity index (χ0) is 16.1. The van der Waals surface area contributed by atoms with Crippen LogP contribution in [0.4, 0.5) is 11.4 Å². The molecular weight excluding hydrogens is 324 g/mol. The Bertz CT molecular complexity index is 664. The number of anilines is 2. The van der Waals surface area contributed by atoms with Gasteiger partial charge in [-0.05, 0) is 49.6 Å². The predicted molar refractivity (Wildman–Crippen MR) is 102 cm³/mol. The molecule has 0 unspecified atom stereocenters. The number of nitrogen functional groups attached to an aromatic ring is 1. The number of nitrogens with zero attached hydrogens (tertiary/aromatic N) is 1. The van der Waals surface area contributed by atoms with Crippen LogP contribution in [0, 0.1) is 0 Å². The molecule has 0 radical (unpaired) electrons. The maximum atomic E-state index is 6.10. The molecule has 0 atom stereocenters. The Morgan fingerprint density at radius 2 is 1.79 bits per heavy atom. The maximum Gasteiger partial charge on any atom is 0.161 e. The highest BCUT2D eigenvalue weighted by molar-refractivity contribution is 5.85. The Morgan fingerprint density at radius 1 is 1.04 bits per heavy atom. The standard InChI is InChI=1S/C19H24N2O2.ClH/c1-2-22-18-10-3-4-11-19(18)23-14-13-21-12-6-7-15-16(20)8-5-9-17(15)21;/h3-5,8-11H,2,6-7,12-14,20H2,1H3;1H. The van der Waals surface area contributed by atoms with Crippen LogP contribution in [0.5, 0.6) is 11.5 Å². The molecule has 2 aromatic rings. The summed E-state index contributed by atoms with van der Waals surface area (Å²) in [6, 6.07) is 14.0. The predicted octanol–water partition coefficient (Wildman–Crippen LogP) is 3.92. The summed E-state index contributed by atoms with van der Waals surface area (Å²) in [5, 5.41) is 0. The fraction of sp³-hybridized carbons (Fsp3) is 0.368. The van der Waals surface area contributed by atoms with E-state index in [0.717, 1.165) is 43.1 Å². The van der Waals surface area contributed by atoms with Gasteiger partial charge in [0.1, 0.15) is 6.61 Å². The summed E-state index contributed by atoms with van der Waals surface area (Å²) in [6.45, 7) is 5.13. The summed E-state index contributed by atoms with van der Waals surface area (Å²) in [5.41, 5.74) is 9.52. The van der Waals surface area contributed by atoms with Crippen LogP contribution in [0.1, 0.15) is 18.9 Å². The summed E-state index contributed by atoms with van der Waals surface area (Å²) in [6.07, 6.45) is 2.20. The fourth-order valence-electron chi connectivity index (χ4n) is 3.07. The first-order chi connectivity index (χ1) is 11.3. The van der Waals surface area contributed by atoms with E-state index in [-0.39, 0.29) is 12.4 Å². The molecule has 0 spiro atoms. The largest absolute Gasteiger partial charge is 0.490 e. The Morgan fingerprint density at radius 3 is 2.54 bits per heavy atom. The van der Waals surface area contributed by atoms with Gasteiger partial charge in [-0.25, -0.2) is 0 Å². The van der Waals surface area contributed by atoms with Crippen LogP contribution in [0.2, 0.25) is 0 Å². The molecule has 0 fully saturated rings. The zero-order valence-electron chi connectivity index (χ0n) is 14.0. The van der Waals surface area contributed by atoms with Crippen molar-refractivity contribution in [3.8, 4) is 11.5 Å². The van der Waals surface area contributed by atoms with Gasteiger partial charge in [-0.1, -0.05) is 18.2 Å². The second-order valence-electron chi connectivity index (χ2n) is 5.66. The molecule has 3 rings (SSSR count). The summed E-state index contributed by atoms with van der Waals surface area (Å²) in [7, 11) is 0. The van der Waals surface area contributed by atoms with Crippen molar-refractivity contribution < 1.29 is 9.47 Å². The number of rotatable bonds is 6. The summed E-state index contributed by atoms with van der Waals surface area (Å²) < 4.78 is 11.5. The van der Waals surface area contributed by atoms with Gasteiger partial charge >= 0.3 is 0 Å². The zero-order valence-corrected chi connectivity index (χ0v) is 14.8. The van der Waals surface area contributed by atoms with E-state index in [1.807, 2.05) is 43.3 Å². The maximum absolute atomic E-state index is 6.10. The van der Waals surface area contributed by atoms with Gasteiger partial charge < -0.3 is 20.1 Å². The minimum atomic E-state index is 0. The van der Waals surface area contributed by atoms with Gasteiger partial charge in [-0.15, -0.1) is 12.4 Å². The molecule has 0 saturated heterocycles. The van der Waals surface area contributed by atoms with Gasteiger partial charge in [0.05, 0.1) is 13.2 Å². The Balaban J connectivity index is 0.00000208. The molecule has 1 aliphatic heterocycles. The minimum Gasteiger partial charge on any atom is -0.490 e. The average Bonchev–Trinajstić information content (AvgIpc) is 2.57. The molecule has 24 heavy (non-hydrogen) atoms. The minimum absolute atomic E-state index is 0. The molecule has 1 heterocycles. The molecule has 0 bridgehead atoms. The first-order valence-corrected chi connectivity index (χ1v) is 8.26. The third kappa shape index (κ3) is 4.06. The lowest BCUT2D eigenvalue weighted by Crippen LogP contribution is -2.33. The van der Waals surface area contributed by atoms with Crippen LogP contribution in [-0.4, -0.2) is 26.3 Å². The van der Waals surface area contributed by atoms with Crippen LogP contribution in [0.15, 0.2) is 42.5 Å². The molecule has 0 amide bonds. The number of fused-ring (bicyclic) bond motifs is 1. The van der Waals surface area contributed by atoms with Crippen molar-refractivity contribution in [2.45, 2.75) is 19.8 Å². The SMILES string of the molecule is CCOc1ccccc1OCCN1CCCc2c(N)cccc21.Cl. The molecule has 0 aliphatic carbocycles. The smallest absolute Gasteiger partial charge is 0.161 e. The topological polar surface area (TPSA) is 47.7 Å². The van der Waals surface area contributed by atoms with E-state index in [0.29, 0.717) is 13.2 Å². The quantitative estimate of drug-likeness (QED) is 0.804. The van der Waals surface area contributed by atoms with Crippen molar-refractivity contribution in [1.29, 1.82) is 0 Å². The molecule has 130 valence electrons. The van der Waals surface area contributed by atoms with E-state index in [1.54, 1.807) is 0 Å². The number of hydrogen-bond acceptors (Lipinski definition) is 4. The van der Waals surface area contributed by atoms with E-state index < -0.39 is 0 Å². The van der Waals surface area contributed by atoms with Gasteiger partial charge in [0.25, 0.3) is 0 Å².